The second-order valence-electron chi connectivity index (χ2n) is 7.37. The van der Waals surface area contributed by atoms with Gasteiger partial charge in [-0.3, -0.25) is 9.79 Å². The third-order valence-corrected chi connectivity index (χ3v) is 8.37. The highest BCUT2D eigenvalue weighted by atomic mass is 32.2. The van der Waals surface area contributed by atoms with Crippen LogP contribution in [0.4, 0.5) is 15.8 Å². The fourth-order valence-corrected chi connectivity index (χ4v) is 7.31. The Morgan fingerprint density at radius 2 is 1.87 bits per heavy atom. The third kappa shape index (κ3) is 4.67. The summed E-state index contributed by atoms with van der Waals surface area (Å²) in [6.07, 6.45) is 0.906. The van der Waals surface area contributed by atoms with Crippen molar-refractivity contribution in [1.29, 1.82) is 0 Å². The van der Waals surface area contributed by atoms with Gasteiger partial charge >= 0.3 is 0 Å². The first-order valence-electron chi connectivity index (χ1n) is 9.70. The van der Waals surface area contributed by atoms with Crippen molar-refractivity contribution in [3.8, 4) is 0 Å². The molecule has 0 saturated carbocycles. The molecular weight excluding hydrogens is 425 g/mol. The maximum Gasteiger partial charge on any atom is 0.244 e. The predicted octanol–water partition coefficient (Wildman–Crippen LogP) is 3.10. The van der Waals surface area contributed by atoms with Crippen LogP contribution >= 0.6 is 11.8 Å². The molecule has 2 heterocycles. The summed E-state index contributed by atoms with van der Waals surface area (Å²) in [4.78, 5) is 19.2. The number of hydrogen-bond acceptors (Lipinski definition) is 6. The van der Waals surface area contributed by atoms with Crippen LogP contribution in [-0.2, 0) is 21.1 Å². The zero-order valence-corrected chi connectivity index (χ0v) is 18.0. The van der Waals surface area contributed by atoms with E-state index in [1.807, 2.05) is 29.2 Å². The molecule has 158 valence electrons. The van der Waals surface area contributed by atoms with Crippen LogP contribution in [0.1, 0.15) is 12.5 Å². The summed E-state index contributed by atoms with van der Waals surface area (Å²) < 4.78 is 36.9. The van der Waals surface area contributed by atoms with Gasteiger partial charge in [-0.1, -0.05) is 30.8 Å². The quantitative estimate of drug-likeness (QED) is 0.762. The van der Waals surface area contributed by atoms with Gasteiger partial charge in [-0.25, -0.2) is 12.8 Å². The molecule has 2 aromatic carbocycles. The smallest absolute Gasteiger partial charge is 0.244 e. The number of hydrogen-bond donors (Lipinski definition) is 1. The second kappa shape index (κ2) is 8.39. The van der Waals surface area contributed by atoms with Crippen molar-refractivity contribution >= 4 is 44.0 Å². The lowest BCUT2D eigenvalue weighted by Gasteiger charge is -2.24. The highest BCUT2D eigenvalue weighted by molar-refractivity contribution is 8.15. The summed E-state index contributed by atoms with van der Waals surface area (Å²) >= 11 is 1.41. The lowest BCUT2D eigenvalue weighted by molar-refractivity contribution is -0.114. The summed E-state index contributed by atoms with van der Waals surface area (Å²) in [7, 11) is -3.05. The van der Waals surface area contributed by atoms with E-state index in [2.05, 4.69) is 17.2 Å². The molecule has 1 fully saturated rings. The Morgan fingerprint density at radius 1 is 1.17 bits per heavy atom. The minimum Gasteiger partial charge on any atom is -0.325 e. The molecule has 30 heavy (non-hydrogen) atoms. The van der Waals surface area contributed by atoms with Gasteiger partial charge in [0, 0.05) is 16.6 Å². The fraction of sp³-hybridized carbons (Fsp3) is 0.333. The van der Waals surface area contributed by atoms with Crippen LogP contribution in [-0.4, -0.2) is 48.8 Å². The molecule has 2 aliphatic heterocycles. The number of aliphatic imine (C=N–C) groups is 1. The zero-order valence-electron chi connectivity index (χ0n) is 16.4. The van der Waals surface area contributed by atoms with Gasteiger partial charge in [0.05, 0.1) is 17.5 Å². The number of anilines is 2. The number of amides is 1. The standard InChI is InChI=1S/C21H22FN3O3S2/c1-2-14-3-9-17(10-4-14)25(11-20(26)23-16-7-5-15(22)6-8-16)21-24-18-12-30(27,28)13-19(18)29-21/h3-10,18-19H,2,11-13H2,1H3,(H,23,26)/t18-,19+/m1/s1. The number of halogens is 1. The molecule has 0 unspecified atom stereocenters. The van der Waals surface area contributed by atoms with Gasteiger partial charge < -0.3 is 10.2 Å². The van der Waals surface area contributed by atoms with Gasteiger partial charge in [0.15, 0.2) is 15.0 Å². The molecule has 0 aromatic heterocycles. The van der Waals surface area contributed by atoms with Crippen LogP contribution in [0, 0.1) is 5.82 Å². The number of thioether (sulfide) groups is 1. The maximum atomic E-state index is 13.1. The molecule has 1 N–H and O–H groups in total. The first-order valence-corrected chi connectivity index (χ1v) is 12.4. The molecule has 0 radical (unpaired) electrons. The number of rotatable bonds is 5. The van der Waals surface area contributed by atoms with Gasteiger partial charge in [-0.05, 0) is 48.4 Å². The number of nitrogens with zero attached hydrogens (tertiary/aromatic N) is 2. The summed E-state index contributed by atoms with van der Waals surface area (Å²) in [6, 6.07) is 13.2. The van der Waals surface area contributed by atoms with E-state index in [-0.39, 0.29) is 41.1 Å². The van der Waals surface area contributed by atoms with E-state index in [0.717, 1.165) is 12.1 Å². The molecule has 4 rings (SSSR count). The van der Waals surface area contributed by atoms with E-state index in [1.54, 1.807) is 0 Å². The zero-order chi connectivity index (χ0) is 21.3. The average molecular weight is 448 g/mol. The van der Waals surface area contributed by atoms with Crippen molar-refractivity contribution in [2.45, 2.75) is 24.6 Å². The number of sulfone groups is 1. The van der Waals surface area contributed by atoms with Crippen LogP contribution in [0.2, 0.25) is 0 Å². The molecule has 1 saturated heterocycles. The van der Waals surface area contributed by atoms with Crippen LogP contribution in [0.3, 0.4) is 0 Å². The summed E-state index contributed by atoms with van der Waals surface area (Å²) in [5, 5.41) is 3.31. The van der Waals surface area contributed by atoms with Crippen LogP contribution in [0.5, 0.6) is 0 Å². The van der Waals surface area contributed by atoms with Crippen LogP contribution < -0.4 is 10.2 Å². The fourth-order valence-electron chi connectivity index (χ4n) is 3.53. The van der Waals surface area contributed by atoms with E-state index in [9.17, 15) is 17.6 Å². The Morgan fingerprint density at radius 3 is 2.50 bits per heavy atom. The van der Waals surface area contributed by atoms with Crippen molar-refractivity contribution in [2.24, 2.45) is 4.99 Å². The number of carbonyl (C=O) groups excluding carboxylic acids is 1. The maximum absolute atomic E-state index is 13.1. The van der Waals surface area contributed by atoms with Crippen LogP contribution in [0.15, 0.2) is 53.5 Å². The number of aryl methyl sites for hydroxylation is 1. The Labute approximate surface area is 179 Å². The molecule has 6 nitrogen and oxygen atoms in total. The second-order valence-corrected chi connectivity index (χ2v) is 10.7. The van der Waals surface area contributed by atoms with Crippen molar-refractivity contribution in [2.75, 3.05) is 28.3 Å². The Kier molecular flexibility index (Phi) is 5.84. The molecule has 0 spiro atoms. The molecule has 2 aliphatic rings. The number of carbonyl (C=O) groups is 1. The molecule has 9 heteroatoms. The number of amidine groups is 1. The molecule has 2 atom stereocenters. The lowest BCUT2D eigenvalue weighted by atomic mass is 10.1. The highest BCUT2D eigenvalue weighted by Crippen LogP contribution is 2.36. The topological polar surface area (TPSA) is 78.8 Å². The van der Waals surface area contributed by atoms with Crippen molar-refractivity contribution in [3.05, 3.63) is 59.9 Å². The van der Waals surface area contributed by atoms with Gasteiger partial charge in [0.2, 0.25) is 5.91 Å². The van der Waals surface area contributed by atoms with Gasteiger partial charge in [0.1, 0.15) is 12.4 Å². The minimum atomic E-state index is -3.05. The Hall–Kier alpha value is -2.39. The number of nitrogens with one attached hydrogen (secondary N) is 1. The predicted molar refractivity (Wildman–Crippen MR) is 119 cm³/mol. The van der Waals surface area contributed by atoms with E-state index in [0.29, 0.717) is 10.9 Å². The molecule has 0 bridgehead atoms. The normalized spacial score (nSPS) is 21.7. The van der Waals surface area contributed by atoms with Gasteiger partial charge in [-0.2, -0.15) is 0 Å². The lowest BCUT2D eigenvalue weighted by Crippen LogP contribution is -2.36. The van der Waals surface area contributed by atoms with Crippen molar-refractivity contribution in [1.82, 2.24) is 0 Å². The molecule has 2 aromatic rings. The van der Waals surface area contributed by atoms with E-state index in [4.69, 9.17) is 0 Å². The largest absolute Gasteiger partial charge is 0.325 e. The Balaban J connectivity index is 1.56. The highest BCUT2D eigenvalue weighted by Gasteiger charge is 2.44. The monoisotopic (exact) mass is 447 g/mol. The molecule has 0 aliphatic carbocycles. The minimum absolute atomic E-state index is 0.0148. The number of fused-ring (bicyclic) bond motifs is 1. The summed E-state index contributed by atoms with van der Waals surface area (Å²) in [6.45, 7) is 2.09. The van der Waals surface area contributed by atoms with Crippen molar-refractivity contribution in [3.63, 3.8) is 0 Å². The van der Waals surface area contributed by atoms with E-state index in [1.165, 1.54) is 41.6 Å². The summed E-state index contributed by atoms with van der Waals surface area (Å²) in [5.74, 6) is -0.476. The van der Waals surface area contributed by atoms with E-state index < -0.39 is 9.84 Å². The van der Waals surface area contributed by atoms with Crippen molar-refractivity contribution < 1.29 is 17.6 Å². The molecular formula is C21H22FN3O3S2. The first kappa shape index (κ1) is 20.9. The van der Waals surface area contributed by atoms with Gasteiger partial charge in [-0.15, -0.1) is 0 Å². The SMILES string of the molecule is CCc1ccc(N(CC(=O)Nc2ccc(F)cc2)C2=N[C@@H]3CS(=O)(=O)C[C@@H]3S2)cc1. The third-order valence-electron chi connectivity index (χ3n) is 5.12. The molecule has 1 amide bonds. The van der Waals surface area contributed by atoms with Gasteiger partial charge in [0.25, 0.3) is 0 Å². The summed E-state index contributed by atoms with van der Waals surface area (Å²) in [5.41, 5.74) is 2.50. The Bertz CT molecular complexity index is 1070. The van der Waals surface area contributed by atoms with Crippen LogP contribution in [0.25, 0.3) is 0 Å². The average Bonchev–Trinajstić information content (AvgIpc) is 3.21. The number of benzene rings is 2. The first-order chi connectivity index (χ1) is 14.3. The van der Waals surface area contributed by atoms with E-state index >= 15 is 0 Å².